The van der Waals surface area contributed by atoms with Crippen molar-refractivity contribution in [3.05, 3.63) is 172 Å². The van der Waals surface area contributed by atoms with Crippen LogP contribution in [0, 0.1) is 0 Å². The molecule has 1 unspecified atom stereocenters. The van der Waals surface area contributed by atoms with Gasteiger partial charge in [-0.05, 0) is 72.9 Å². The van der Waals surface area contributed by atoms with Crippen molar-refractivity contribution in [2.24, 2.45) is 4.99 Å². The number of aliphatic hydroxyl groups is 5. The fourth-order valence-electron chi connectivity index (χ4n) is 11.8. The van der Waals surface area contributed by atoms with Gasteiger partial charge in [0.1, 0.15) is 106 Å². The van der Waals surface area contributed by atoms with Crippen LogP contribution in [-0.2, 0) is 48.6 Å². The first-order valence-corrected chi connectivity index (χ1v) is 38.6. The summed E-state index contributed by atoms with van der Waals surface area (Å²) in [5.41, 5.74) is -8.13. The van der Waals surface area contributed by atoms with Crippen molar-refractivity contribution in [3.8, 4) is 0 Å². The molecular formula is C69H76N18O18S6. The van der Waals surface area contributed by atoms with E-state index in [1.807, 2.05) is 5.32 Å². The van der Waals surface area contributed by atoms with E-state index in [1.54, 1.807) is 6.92 Å². The molecule has 0 spiro atoms. The number of carboxylic acids is 1. The Kier molecular flexibility index (Phi) is 25.5. The first-order valence-electron chi connectivity index (χ1n) is 33.7. The summed E-state index contributed by atoms with van der Waals surface area (Å²) >= 11 is 10.8. The number of allylic oxidation sites excluding steroid dienone is 1. The molecule has 586 valence electrons. The fourth-order valence-corrected chi connectivity index (χ4v) is 17.0. The Morgan fingerprint density at radius 2 is 1.42 bits per heavy atom. The van der Waals surface area contributed by atoms with Crippen molar-refractivity contribution < 1.29 is 88.1 Å². The van der Waals surface area contributed by atoms with Crippen LogP contribution in [0.4, 0.5) is 0 Å². The minimum Gasteiger partial charge on any atom is -0.477 e. The maximum atomic E-state index is 15.2. The van der Waals surface area contributed by atoms with E-state index in [4.69, 9.17) is 31.9 Å². The average molecular weight is 1640 g/mol. The van der Waals surface area contributed by atoms with E-state index in [9.17, 15) is 78.6 Å². The van der Waals surface area contributed by atoms with Crippen molar-refractivity contribution in [2.45, 2.75) is 151 Å². The second-order valence-electron chi connectivity index (χ2n) is 26.2. The average Bonchev–Trinajstić information content (AvgIpc) is 1.69. The number of piperidine rings is 1. The molecular weight excluding hydrogens is 1560 g/mol. The molecule has 18 N–H and O–H groups in total. The number of rotatable bonds is 10. The predicted molar refractivity (Wildman–Crippen MR) is 409 cm³/mol. The first kappa shape index (κ1) is 83.1. The largest absolute Gasteiger partial charge is 0.477 e. The van der Waals surface area contributed by atoms with Gasteiger partial charge < -0.3 is 88.5 Å². The summed E-state index contributed by atoms with van der Waals surface area (Å²) in [5.74, 6) is -11.8. The Morgan fingerprint density at radius 3 is 2.09 bits per heavy atom. The van der Waals surface area contributed by atoms with Crippen LogP contribution in [-0.4, -0.2) is 185 Å². The smallest absolute Gasteiger partial charge is 0.357 e. The summed E-state index contributed by atoms with van der Waals surface area (Å²) in [5, 5.41) is 105. The van der Waals surface area contributed by atoms with Gasteiger partial charge in [-0.25, -0.2) is 34.5 Å². The highest BCUT2D eigenvalue weighted by Gasteiger charge is 2.52. The van der Waals surface area contributed by atoms with Gasteiger partial charge in [0, 0.05) is 32.8 Å². The number of ether oxygens (including phenoxy) is 1. The van der Waals surface area contributed by atoms with Gasteiger partial charge in [-0.15, -0.1) is 57.1 Å². The molecule has 13 bridgehead atoms. The number of thiazole rings is 4. The molecule has 1 aliphatic carbocycles. The Labute approximate surface area is 657 Å². The monoisotopic (exact) mass is 1640 g/mol. The van der Waals surface area contributed by atoms with Crippen LogP contribution < -0.4 is 63.8 Å². The molecule has 4 aliphatic heterocycles. The molecule has 0 aromatic carbocycles. The van der Waals surface area contributed by atoms with Gasteiger partial charge in [-0.1, -0.05) is 63.3 Å². The number of esters is 1. The number of aromatic nitrogens is 5. The number of nitrogens with zero attached hydrogens (tertiary/aromatic N) is 6. The molecule has 42 heteroatoms. The van der Waals surface area contributed by atoms with E-state index in [0.717, 1.165) is 57.1 Å². The lowest BCUT2D eigenvalue weighted by molar-refractivity contribution is -0.134. The predicted octanol–water partition coefficient (Wildman–Crippen LogP) is 0.974. The number of thioether (sulfide) groups is 1. The quantitative estimate of drug-likeness (QED) is 0.0526. The zero-order chi connectivity index (χ0) is 81.2. The van der Waals surface area contributed by atoms with Crippen LogP contribution in [0.25, 0.3) is 6.08 Å². The van der Waals surface area contributed by atoms with Gasteiger partial charge in [-0.2, -0.15) is 0 Å². The molecule has 10 rings (SSSR count). The molecule has 5 aliphatic rings. The second-order valence-corrected chi connectivity index (χ2v) is 31.2. The highest BCUT2D eigenvalue weighted by atomic mass is 32.2. The normalized spacial score (nSPS) is 26.4. The second kappa shape index (κ2) is 34.1. The van der Waals surface area contributed by atoms with Crippen LogP contribution in [0.15, 0.2) is 112 Å². The molecule has 1 saturated heterocycles. The van der Waals surface area contributed by atoms with Gasteiger partial charge >= 0.3 is 11.9 Å². The number of amides is 9. The van der Waals surface area contributed by atoms with Crippen LogP contribution in [0.1, 0.15) is 177 Å². The van der Waals surface area contributed by atoms with Gasteiger partial charge in [-0.3, -0.25) is 58.8 Å². The molecule has 36 nitrogen and oxygen atoms in total. The Balaban J connectivity index is 1.16. The Morgan fingerprint density at radius 1 is 0.757 bits per heavy atom. The highest BCUT2D eigenvalue weighted by Crippen LogP contribution is 2.49. The maximum Gasteiger partial charge on any atom is 0.357 e. The fraction of sp³-hybridized carbons (Fsp3) is 0.362. The molecule has 9 amide bonds. The van der Waals surface area contributed by atoms with Crippen LogP contribution in [0.2, 0.25) is 0 Å². The number of thiocarbonyl (C=S) groups is 1. The highest BCUT2D eigenvalue weighted by molar-refractivity contribution is 8.14. The molecule has 9 heterocycles. The summed E-state index contributed by atoms with van der Waals surface area (Å²) in [6.45, 7) is 27.5. The third-order valence-electron chi connectivity index (χ3n) is 18.2. The molecule has 5 aromatic heterocycles. The van der Waals surface area contributed by atoms with Crippen LogP contribution in [0.3, 0.4) is 0 Å². The minimum atomic E-state index is -2.14. The summed E-state index contributed by atoms with van der Waals surface area (Å²) in [7, 11) is 0. The first-order chi connectivity index (χ1) is 52.3. The lowest BCUT2D eigenvalue weighted by Gasteiger charge is -2.45. The number of cyclic esters (lactones) is 1. The van der Waals surface area contributed by atoms with E-state index in [0.29, 0.717) is 0 Å². The summed E-state index contributed by atoms with van der Waals surface area (Å²) in [6.07, 6.45) is -3.28. The maximum absolute atomic E-state index is 15.2. The molecule has 1 fully saturated rings. The topological polar surface area (TPSA) is 540 Å². The molecule has 0 radical (unpaired) electrons. The summed E-state index contributed by atoms with van der Waals surface area (Å²) in [4.78, 5) is 181. The number of nitrogens with one attached hydrogen (secondary N) is 12. The molecule has 0 saturated carbocycles. The van der Waals surface area contributed by atoms with Gasteiger partial charge in [0.2, 0.25) is 17.7 Å². The SMILES string of the molecule is C=C(NC(=O)C(=C)NC(=O)c1csc([C@H]2CC[C@]34NC(=O)C(=C)NC(=O)C(=C)NC(=O)C(=C)NC(=O)[C@H](C)NC5C=Cc6c([C@H](C)O)cc(nc6[C@H]5O)C(=O)O[C@H](C)[C@H](NC(=S)c5csc(n5)[C@H]([C@](C)(O)[C@@H](C)O)NC(=O)[C@H]5CSC(=N5)/C(=C/C)NC(=O)[C@H]([C@@H](C)O)NC(=O)c5csc3n5)c3nc(cs3)[C@H]4N2)n1)C(=O)O. The van der Waals surface area contributed by atoms with Crippen molar-refractivity contribution in [2.75, 3.05) is 5.75 Å². The van der Waals surface area contributed by atoms with Gasteiger partial charge in [0.15, 0.2) is 0 Å². The summed E-state index contributed by atoms with van der Waals surface area (Å²) < 4.78 is 6.30. The van der Waals surface area contributed by atoms with E-state index in [2.05, 4.69) is 106 Å². The van der Waals surface area contributed by atoms with E-state index in [-0.39, 0.29) is 94.0 Å². The summed E-state index contributed by atoms with van der Waals surface area (Å²) in [6, 6.07) is -9.17. The third-order valence-corrected chi connectivity index (χ3v) is 23.5. The number of hydrogen-bond acceptors (Lipinski definition) is 31. The number of fused-ring (bicyclic) bond motifs is 7. The minimum absolute atomic E-state index is 0.0114. The number of pyridine rings is 1. The zero-order valence-electron chi connectivity index (χ0n) is 60.0. The van der Waals surface area contributed by atoms with Crippen molar-refractivity contribution in [1.82, 2.24) is 88.7 Å². The third kappa shape index (κ3) is 18.2. The number of aliphatic hydroxyl groups excluding tert-OH is 4. The standard InChI is InChI=1S/C69H76N18O18S6/c1-13-36-61-80-42(21-107-61)58(99)86-50(68(12,104)33(11)90)64-82-44(23-110-64)60(106)85-46-32(10)105-66(103)39-18-35(30(8)88)34-14-15-37(48(91)47(34)76-39)70-24(2)51(92)71-25(3)52(93)72-26(4)53(94)73-28(6)55(96)87-69(67-83-43(22-111-67)57(98)84-45(31(9)89)59(100)78-36)17-16-38(77-49(69)40-19-109-63(46)79-40)62-81-41(20-108-62)56(97)74-27(5)54(95)75-29(7)65(101)102/h13-15,18-20,22-24,30-33,37-38,42,45-46,48-50,70,77,88-91,104H,3-7,16-17,21H2,1-2,8-12H3,(H,71,92)(H,72,93)(H,73,94)(H,74,97)(H,75,95)(H,78,100)(H,84,98)(H,85,106)(H,86,99)(H,87,96)(H,101,102)/b36-13-/t24-,30-,31+,32+,33+,37?,38+,42+,45-,46-,48-,49+,50+,68+,69+/m0/s1. The van der Waals surface area contributed by atoms with E-state index in [1.165, 1.54) is 87.4 Å². The number of hydrogen-bond donors (Lipinski definition) is 18. The van der Waals surface area contributed by atoms with E-state index < -0.39 is 189 Å². The van der Waals surface area contributed by atoms with Crippen LogP contribution >= 0.6 is 69.3 Å². The van der Waals surface area contributed by atoms with Gasteiger partial charge in [0.05, 0.1) is 82.4 Å². The number of carbonyl (C=O) groups excluding carboxylic acids is 10. The molecule has 5 aromatic rings. The van der Waals surface area contributed by atoms with Crippen LogP contribution in [0.5, 0.6) is 0 Å². The van der Waals surface area contributed by atoms with E-state index >= 15 is 4.79 Å². The molecule has 15 atom stereocenters. The number of carboxylic acid groups (broad SMARTS) is 1. The molecule has 111 heavy (non-hydrogen) atoms. The van der Waals surface area contributed by atoms with Gasteiger partial charge in [0.25, 0.3) is 35.4 Å². The number of aliphatic carboxylic acids is 1. The van der Waals surface area contributed by atoms with Crippen molar-refractivity contribution >= 4 is 151 Å². The lowest BCUT2D eigenvalue weighted by atomic mass is 9.78. The lowest BCUT2D eigenvalue weighted by Crippen LogP contribution is -2.58. The number of aliphatic imine (C=N–C) groups is 1. The Bertz CT molecular complexity index is 4840. The number of carbonyl (C=O) groups is 11. The van der Waals surface area contributed by atoms with Crippen molar-refractivity contribution in [1.29, 1.82) is 0 Å². The van der Waals surface area contributed by atoms with Crippen molar-refractivity contribution in [3.63, 3.8) is 0 Å². The zero-order valence-corrected chi connectivity index (χ0v) is 64.9. The Hall–Kier alpha value is -10.3.